The van der Waals surface area contributed by atoms with Crippen molar-refractivity contribution in [1.82, 2.24) is 5.32 Å². The van der Waals surface area contributed by atoms with E-state index in [0.717, 1.165) is 38.5 Å². The number of allylic oxidation sites excluding steroid dienone is 2. The van der Waals surface area contributed by atoms with E-state index in [4.69, 9.17) is 9.05 Å². The minimum atomic E-state index is -4.56. The van der Waals surface area contributed by atoms with Crippen molar-refractivity contribution < 1.29 is 32.9 Å². The predicted octanol–water partition coefficient (Wildman–Crippen LogP) is 12.5. The highest BCUT2D eigenvalue weighted by Gasteiger charge is 2.24. The smallest absolute Gasteiger partial charge is 0.268 e. The molecular weight excluding hydrogens is 707 g/mol. The maximum absolute atomic E-state index is 12.9. The van der Waals surface area contributed by atoms with Gasteiger partial charge in [0.15, 0.2) is 0 Å². The molecule has 0 heterocycles. The van der Waals surface area contributed by atoms with Gasteiger partial charge in [0.1, 0.15) is 13.2 Å². The van der Waals surface area contributed by atoms with Crippen molar-refractivity contribution >= 4 is 13.7 Å². The molecule has 1 unspecified atom stereocenters. The number of phosphoric acid groups is 1. The number of carbonyl (C=O) groups excluding carboxylic acids is 1. The van der Waals surface area contributed by atoms with E-state index in [1.165, 1.54) is 161 Å². The minimum absolute atomic E-state index is 0.0138. The summed E-state index contributed by atoms with van der Waals surface area (Å²) in [5, 5.41) is 13.9. The highest BCUT2D eigenvalue weighted by atomic mass is 31.2. The molecule has 0 aliphatic carbocycles. The van der Waals surface area contributed by atoms with E-state index < -0.39 is 20.0 Å². The van der Waals surface area contributed by atoms with Crippen molar-refractivity contribution in [2.24, 2.45) is 0 Å². The maximum atomic E-state index is 12.9. The summed E-state index contributed by atoms with van der Waals surface area (Å²) in [5.41, 5.74) is 0. The van der Waals surface area contributed by atoms with E-state index in [1.54, 1.807) is 0 Å². The van der Waals surface area contributed by atoms with E-state index in [2.05, 4.69) is 31.3 Å². The Kier molecular flexibility index (Phi) is 38.2. The molecule has 3 atom stereocenters. The van der Waals surface area contributed by atoms with Gasteiger partial charge < -0.3 is 28.8 Å². The molecule has 8 nitrogen and oxygen atoms in total. The van der Waals surface area contributed by atoms with Crippen molar-refractivity contribution in [3.63, 3.8) is 0 Å². The van der Waals surface area contributed by atoms with E-state index in [1.807, 2.05) is 21.1 Å². The molecule has 0 saturated carbocycles. The van der Waals surface area contributed by atoms with Gasteiger partial charge in [-0.15, -0.1) is 0 Å². The lowest BCUT2D eigenvalue weighted by Crippen LogP contribution is -2.46. The molecule has 55 heavy (non-hydrogen) atoms. The summed E-state index contributed by atoms with van der Waals surface area (Å²) in [4.78, 5) is 25.4. The third-order valence-corrected chi connectivity index (χ3v) is 11.7. The standard InChI is InChI=1S/C46H93N2O6P/c1-6-8-10-12-14-16-18-20-22-23-24-25-26-28-30-32-34-36-38-40-46(50)47-44(43-54-55(51,52)53-42-41-48(3,4)5)45(49)39-37-35-33-31-29-27-21-19-17-15-13-11-9-7-2/h20,22,44-45,49H,6-19,21,23-43H2,1-5H3,(H-,47,50,51,52)/b22-20+/t44-,45+/m0/s1. The zero-order chi connectivity index (χ0) is 40.7. The summed E-state index contributed by atoms with van der Waals surface area (Å²) in [6, 6.07) is -0.797. The number of nitrogens with one attached hydrogen (secondary N) is 1. The summed E-state index contributed by atoms with van der Waals surface area (Å²) in [5.74, 6) is -0.165. The number of aliphatic hydroxyl groups is 1. The number of nitrogens with zero attached hydrogens (tertiary/aromatic N) is 1. The van der Waals surface area contributed by atoms with E-state index in [-0.39, 0.29) is 19.1 Å². The lowest BCUT2D eigenvalue weighted by Gasteiger charge is -2.30. The second kappa shape index (κ2) is 38.7. The molecule has 0 fully saturated rings. The number of hydrogen-bond donors (Lipinski definition) is 2. The van der Waals surface area contributed by atoms with Crippen LogP contribution in [-0.2, 0) is 18.4 Å². The monoisotopic (exact) mass is 801 g/mol. The summed E-state index contributed by atoms with van der Waals surface area (Å²) in [6.07, 6.45) is 43.5. The molecule has 0 rings (SSSR count). The van der Waals surface area contributed by atoms with Gasteiger partial charge in [0.2, 0.25) is 5.91 Å². The maximum Gasteiger partial charge on any atom is 0.268 e. The van der Waals surface area contributed by atoms with Crippen LogP contribution in [0, 0.1) is 0 Å². The molecule has 0 aliphatic rings. The predicted molar refractivity (Wildman–Crippen MR) is 233 cm³/mol. The summed E-state index contributed by atoms with van der Waals surface area (Å²) < 4.78 is 23.3. The fraction of sp³-hybridized carbons (Fsp3) is 0.935. The molecule has 0 aromatic rings. The second-order valence-electron chi connectivity index (χ2n) is 17.5. The zero-order valence-electron chi connectivity index (χ0n) is 37.1. The molecule has 0 saturated heterocycles. The van der Waals surface area contributed by atoms with Gasteiger partial charge in [-0.25, -0.2) is 0 Å². The first-order chi connectivity index (χ1) is 26.5. The molecule has 2 N–H and O–H groups in total. The Bertz CT molecular complexity index is 911. The summed E-state index contributed by atoms with van der Waals surface area (Å²) in [7, 11) is 1.31. The molecule has 0 aromatic carbocycles. The molecule has 0 aliphatic heterocycles. The first kappa shape index (κ1) is 54.2. The highest BCUT2D eigenvalue weighted by Crippen LogP contribution is 2.38. The Morgan fingerprint density at radius 2 is 1.00 bits per heavy atom. The Morgan fingerprint density at radius 3 is 1.42 bits per heavy atom. The average Bonchev–Trinajstić information content (AvgIpc) is 3.13. The Labute approximate surface area is 342 Å². The largest absolute Gasteiger partial charge is 0.756 e. The van der Waals surface area contributed by atoms with Crippen molar-refractivity contribution in [3.8, 4) is 0 Å². The number of likely N-dealkylation sites (N-methyl/N-ethyl adjacent to an activating group) is 1. The third kappa shape index (κ3) is 41.2. The van der Waals surface area contributed by atoms with Crippen LogP contribution in [0.25, 0.3) is 0 Å². The zero-order valence-corrected chi connectivity index (χ0v) is 38.0. The van der Waals surface area contributed by atoms with E-state index in [0.29, 0.717) is 23.9 Å². The SMILES string of the molecule is CCCCCCCC/C=C/CCCCCCCCCCCC(=O)N[C@@H](COP(=O)([O-])OCC[N+](C)(C)C)[C@H](O)CCCCCCCCCCCCCCCC. The average molecular weight is 801 g/mol. The molecule has 0 bridgehead atoms. The van der Waals surface area contributed by atoms with E-state index >= 15 is 0 Å². The van der Waals surface area contributed by atoms with Crippen LogP contribution in [0.3, 0.4) is 0 Å². The third-order valence-electron chi connectivity index (χ3n) is 10.8. The molecule has 328 valence electrons. The normalized spacial score (nSPS) is 14.4. The number of phosphoric ester groups is 1. The quantitative estimate of drug-likeness (QED) is 0.0275. The number of rotatable bonds is 43. The van der Waals surface area contributed by atoms with Crippen LogP contribution in [0.5, 0.6) is 0 Å². The molecular formula is C46H93N2O6P. The lowest BCUT2D eigenvalue weighted by atomic mass is 10.0. The molecule has 9 heteroatoms. The van der Waals surface area contributed by atoms with Gasteiger partial charge in [0.25, 0.3) is 7.82 Å². The fourth-order valence-electron chi connectivity index (χ4n) is 6.98. The minimum Gasteiger partial charge on any atom is -0.756 e. The van der Waals surface area contributed by atoms with Gasteiger partial charge in [-0.1, -0.05) is 193 Å². The molecule has 0 radical (unpaired) electrons. The number of carbonyl (C=O) groups is 1. The number of quaternary nitrogens is 1. The van der Waals surface area contributed by atoms with Crippen LogP contribution in [0.2, 0.25) is 0 Å². The Hall–Kier alpha value is -0.760. The van der Waals surface area contributed by atoms with Gasteiger partial charge in [-0.2, -0.15) is 0 Å². The fourth-order valence-corrected chi connectivity index (χ4v) is 7.70. The van der Waals surface area contributed by atoms with Crippen LogP contribution in [0.4, 0.5) is 0 Å². The molecule has 0 aromatic heterocycles. The van der Waals surface area contributed by atoms with Crippen molar-refractivity contribution in [1.29, 1.82) is 0 Å². The topological polar surface area (TPSA) is 108 Å². The van der Waals surface area contributed by atoms with Gasteiger partial charge >= 0.3 is 0 Å². The van der Waals surface area contributed by atoms with Crippen LogP contribution in [-0.4, -0.2) is 68.5 Å². The number of aliphatic hydroxyl groups excluding tert-OH is 1. The van der Waals surface area contributed by atoms with Gasteiger partial charge in [0, 0.05) is 6.42 Å². The number of amides is 1. The Morgan fingerprint density at radius 1 is 0.618 bits per heavy atom. The summed E-state index contributed by atoms with van der Waals surface area (Å²) in [6.45, 7) is 4.73. The van der Waals surface area contributed by atoms with Crippen LogP contribution in [0.1, 0.15) is 226 Å². The van der Waals surface area contributed by atoms with Crippen molar-refractivity contribution in [2.75, 3.05) is 40.9 Å². The van der Waals surface area contributed by atoms with Crippen molar-refractivity contribution in [3.05, 3.63) is 12.2 Å². The van der Waals surface area contributed by atoms with Crippen molar-refractivity contribution in [2.45, 2.75) is 238 Å². The Balaban J connectivity index is 4.29. The van der Waals surface area contributed by atoms with Crippen LogP contribution in [0.15, 0.2) is 12.2 Å². The summed E-state index contributed by atoms with van der Waals surface area (Å²) >= 11 is 0. The van der Waals surface area contributed by atoms with Crippen LogP contribution >= 0.6 is 7.82 Å². The van der Waals surface area contributed by atoms with Crippen LogP contribution < -0.4 is 10.2 Å². The van der Waals surface area contributed by atoms with Gasteiger partial charge in [-0.05, 0) is 38.5 Å². The second-order valence-corrected chi connectivity index (χ2v) is 18.9. The highest BCUT2D eigenvalue weighted by molar-refractivity contribution is 7.45. The first-order valence-corrected chi connectivity index (χ1v) is 25.0. The first-order valence-electron chi connectivity index (χ1n) is 23.5. The van der Waals surface area contributed by atoms with Gasteiger partial charge in [0.05, 0.1) is 39.9 Å². The van der Waals surface area contributed by atoms with E-state index in [9.17, 15) is 19.4 Å². The molecule has 1 amide bonds. The molecule has 0 spiro atoms. The number of unbranched alkanes of at least 4 members (excludes halogenated alkanes) is 28. The lowest BCUT2D eigenvalue weighted by molar-refractivity contribution is -0.870. The van der Waals surface area contributed by atoms with Gasteiger partial charge in [-0.3, -0.25) is 9.36 Å². The number of hydrogen-bond acceptors (Lipinski definition) is 6.